The second-order valence-electron chi connectivity index (χ2n) is 6.18. The number of benzene rings is 1. The lowest BCUT2D eigenvalue weighted by atomic mass is 9.82. The Bertz CT molecular complexity index is 633. The van der Waals surface area contributed by atoms with Gasteiger partial charge in [0.25, 0.3) is 0 Å². The fraction of sp³-hybridized carbons (Fsp3) is 0.500. The summed E-state index contributed by atoms with van der Waals surface area (Å²) >= 11 is 0. The quantitative estimate of drug-likeness (QED) is 0.719. The van der Waals surface area contributed by atoms with Crippen LogP contribution >= 0.6 is 0 Å². The monoisotopic (exact) mass is 314 g/mol. The van der Waals surface area contributed by atoms with Crippen LogP contribution in [0.3, 0.4) is 0 Å². The second kappa shape index (κ2) is 6.03. The van der Waals surface area contributed by atoms with Gasteiger partial charge in [-0.15, -0.1) is 0 Å². The molecule has 118 valence electrons. The molecule has 0 bridgehead atoms. The van der Waals surface area contributed by atoms with E-state index in [2.05, 4.69) is 4.72 Å². The van der Waals surface area contributed by atoms with Gasteiger partial charge in [-0.3, -0.25) is 0 Å². The SMILES string of the molecule is CC(CNS(=O)(=O)c1ccc(C(=O)O)cc1N)C(C)(C)C. The number of carbonyl (C=O) groups is 1. The number of nitrogens with one attached hydrogen (secondary N) is 1. The van der Waals surface area contributed by atoms with Crippen molar-refractivity contribution in [2.45, 2.75) is 32.6 Å². The van der Waals surface area contributed by atoms with Crippen LogP contribution in [-0.2, 0) is 10.0 Å². The second-order valence-corrected chi connectivity index (χ2v) is 7.91. The third-order valence-electron chi connectivity index (χ3n) is 3.60. The lowest BCUT2D eigenvalue weighted by Crippen LogP contribution is -2.34. The van der Waals surface area contributed by atoms with E-state index in [0.29, 0.717) is 0 Å². The van der Waals surface area contributed by atoms with E-state index in [4.69, 9.17) is 10.8 Å². The van der Waals surface area contributed by atoms with Crippen LogP contribution in [0.15, 0.2) is 23.1 Å². The van der Waals surface area contributed by atoms with Crippen molar-refractivity contribution in [2.24, 2.45) is 11.3 Å². The predicted octanol–water partition coefficient (Wildman–Crippen LogP) is 1.93. The number of aromatic carboxylic acids is 1. The zero-order valence-corrected chi connectivity index (χ0v) is 13.5. The highest BCUT2D eigenvalue weighted by Crippen LogP contribution is 2.25. The minimum atomic E-state index is -3.76. The van der Waals surface area contributed by atoms with Crippen LogP contribution in [0.5, 0.6) is 0 Å². The van der Waals surface area contributed by atoms with Crippen LogP contribution in [0.1, 0.15) is 38.1 Å². The third kappa shape index (κ3) is 4.44. The van der Waals surface area contributed by atoms with E-state index < -0.39 is 16.0 Å². The van der Waals surface area contributed by atoms with Crippen molar-refractivity contribution in [3.8, 4) is 0 Å². The van der Waals surface area contributed by atoms with Gasteiger partial charge in [0, 0.05) is 6.54 Å². The largest absolute Gasteiger partial charge is 0.478 e. The van der Waals surface area contributed by atoms with E-state index in [1.807, 2.05) is 27.7 Å². The van der Waals surface area contributed by atoms with Crippen molar-refractivity contribution in [1.29, 1.82) is 0 Å². The number of hydrogen-bond donors (Lipinski definition) is 3. The molecule has 7 heteroatoms. The normalized spacial score (nSPS) is 13.9. The van der Waals surface area contributed by atoms with Crippen molar-refractivity contribution >= 4 is 21.7 Å². The molecule has 0 saturated heterocycles. The van der Waals surface area contributed by atoms with E-state index in [9.17, 15) is 13.2 Å². The van der Waals surface area contributed by atoms with Crippen LogP contribution in [-0.4, -0.2) is 26.0 Å². The van der Waals surface area contributed by atoms with Gasteiger partial charge < -0.3 is 10.8 Å². The molecular formula is C14H22N2O4S. The Morgan fingerprint density at radius 3 is 2.38 bits per heavy atom. The number of nitrogen functional groups attached to an aromatic ring is 1. The van der Waals surface area contributed by atoms with E-state index in [0.717, 1.165) is 6.07 Å². The highest BCUT2D eigenvalue weighted by molar-refractivity contribution is 7.89. The third-order valence-corrected chi connectivity index (χ3v) is 5.10. The zero-order valence-electron chi connectivity index (χ0n) is 12.7. The first-order valence-electron chi connectivity index (χ1n) is 6.57. The van der Waals surface area contributed by atoms with Gasteiger partial charge in [-0.05, 0) is 29.5 Å². The highest BCUT2D eigenvalue weighted by Gasteiger charge is 2.24. The minimum absolute atomic E-state index is 0.0266. The number of sulfonamides is 1. The Labute approximate surface area is 125 Å². The Morgan fingerprint density at radius 1 is 1.38 bits per heavy atom. The van der Waals surface area contributed by atoms with Gasteiger partial charge in [0.05, 0.1) is 11.3 Å². The van der Waals surface area contributed by atoms with E-state index in [1.165, 1.54) is 12.1 Å². The molecule has 1 unspecified atom stereocenters. The summed E-state index contributed by atoms with van der Waals surface area (Å²) in [5, 5.41) is 8.85. The molecule has 4 N–H and O–H groups in total. The van der Waals surface area contributed by atoms with Gasteiger partial charge >= 0.3 is 5.97 Å². The maximum absolute atomic E-state index is 12.2. The molecule has 0 fully saturated rings. The molecule has 0 aliphatic heterocycles. The Hall–Kier alpha value is -1.60. The molecule has 1 rings (SSSR count). The maximum atomic E-state index is 12.2. The summed E-state index contributed by atoms with van der Waals surface area (Å²) in [7, 11) is -3.76. The Morgan fingerprint density at radius 2 is 1.95 bits per heavy atom. The maximum Gasteiger partial charge on any atom is 0.335 e. The molecule has 0 saturated carbocycles. The van der Waals surface area contributed by atoms with Crippen LogP contribution in [0.25, 0.3) is 0 Å². The topological polar surface area (TPSA) is 109 Å². The summed E-state index contributed by atoms with van der Waals surface area (Å²) < 4.78 is 27.0. The minimum Gasteiger partial charge on any atom is -0.478 e. The molecule has 0 amide bonds. The first-order chi connectivity index (χ1) is 9.45. The van der Waals surface area contributed by atoms with Crippen molar-refractivity contribution in [2.75, 3.05) is 12.3 Å². The molecular weight excluding hydrogens is 292 g/mol. The lowest BCUT2D eigenvalue weighted by molar-refractivity contribution is 0.0697. The summed E-state index contributed by atoms with van der Waals surface area (Å²) in [4.78, 5) is 10.7. The summed E-state index contributed by atoms with van der Waals surface area (Å²) in [6, 6.07) is 3.58. The number of nitrogens with two attached hydrogens (primary N) is 1. The average molecular weight is 314 g/mol. The van der Waals surface area contributed by atoms with Gasteiger partial charge in [-0.1, -0.05) is 27.7 Å². The standard InChI is InChI=1S/C14H22N2O4S/c1-9(14(2,3)4)8-16-21(19,20)12-6-5-10(13(17)18)7-11(12)15/h5-7,9,16H,8,15H2,1-4H3,(H,17,18). The van der Waals surface area contributed by atoms with Crippen molar-refractivity contribution in [3.63, 3.8) is 0 Å². The van der Waals surface area contributed by atoms with Crippen molar-refractivity contribution in [1.82, 2.24) is 4.72 Å². The first-order valence-corrected chi connectivity index (χ1v) is 8.06. The van der Waals surface area contributed by atoms with Gasteiger partial charge in [-0.25, -0.2) is 17.9 Å². The number of rotatable bonds is 5. The van der Waals surface area contributed by atoms with Crippen molar-refractivity contribution < 1.29 is 18.3 Å². The summed E-state index contributed by atoms with van der Waals surface area (Å²) in [6.07, 6.45) is 0. The Kier molecular flexibility index (Phi) is 5.01. The lowest BCUT2D eigenvalue weighted by Gasteiger charge is -2.27. The zero-order chi connectivity index (χ0) is 16.4. The van der Waals surface area contributed by atoms with Crippen LogP contribution in [0, 0.1) is 11.3 Å². The molecule has 21 heavy (non-hydrogen) atoms. The summed E-state index contributed by atoms with van der Waals surface area (Å²) in [5.74, 6) is -1.02. The van der Waals surface area contributed by atoms with Crippen LogP contribution in [0.4, 0.5) is 5.69 Å². The fourth-order valence-electron chi connectivity index (χ4n) is 1.54. The molecule has 0 spiro atoms. The van der Waals surface area contributed by atoms with E-state index in [1.54, 1.807) is 0 Å². The number of hydrogen-bond acceptors (Lipinski definition) is 4. The fourth-order valence-corrected chi connectivity index (χ4v) is 2.79. The molecule has 1 atom stereocenters. The van der Waals surface area contributed by atoms with Crippen molar-refractivity contribution in [3.05, 3.63) is 23.8 Å². The number of anilines is 1. The summed E-state index contributed by atoms with van der Waals surface area (Å²) in [5.41, 5.74) is 5.50. The molecule has 1 aromatic rings. The molecule has 0 aliphatic carbocycles. The van der Waals surface area contributed by atoms with Gasteiger partial charge in [0.15, 0.2) is 0 Å². The molecule has 0 aliphatic rings. The van der Waals surface area contributed by atoms with E-state index in [-0.39, 0.29) is 34.0 Å². The molecule has 0 radical (unpaired) electrons. The predicted molar refractivity (Wildman–Crippen MR) is 81.6 cm³/mol. The highest BCUT2D eigenvalue weighted by atomic mass is 32.2. The first kappa shape index (κ1) is 17.5. The van der Waals surface area contributed by atoms with Gasteiger partial charge in [0.2, 0.25) is 10.0 Å². The average Bonchev–Trinajstić information content (AvgIpc) is 2.34. The van der Waals surface area contributed by atoms with E-state index >= 15 is 0 Å². The Balaban J connectivity index is 2.96. The molecule has 0 heterocycles. The smallest absolute Gasteiger partial charge is 0.335 e. The molecule has 0 aromatic heterocycles. The number of carboxylic acid groups (broad SMARTS) is 1. The molecule has 6 nitrogen and oxygen atoms in total. The summed E-state index contributed by atoms with van der Waals surface area (Å²) in [6.45, 7) is 8.33. The number of carboxylic acids is 1. The van der Waals surface area contributed by atoms with Gasteiger partial charge in [-0.2, -0.15) is 0 Å². The molecule has 1 aromatic carbocycles. The van der Waals surface area contributed by atoms with Crippen LogP contribution < -0.4 is 10.5 Å². The van der Waals surface area contributed by atoms with Gasteiger partial charge in [0.1, 0.15) is 4.90 Å². The van der Waals surface area contributed by atoms with Crippen LogP contribution in [0.2, 0.25) is 0 Å².